The maximum atomic E-state index is 14.3. The van der Waals surface area contributed by atoms with Crippen molar-refractivity contribution in [2.45, 2.75) is 84.2 Å². The van der Waals surface area contributed by atoms with Gasteiger partial charge in [0.2, 0.25) is 5.88 Å². The number of halogens is 1. The first kappa shape index (κ1) is 28.6. The summed E-state index contributed by atoms with van der Waals surface area (Å²) in [5.74, 6) is 5.79. The zero-order chi connectivity index (χ0) is 28.1. The number of carbonyl (C=O) groups excluding carboxylic acids is 2. The predicted molar refractivity (Wildman–Crippen MR) is 146 cm³/mol. The van der Waals surface area contributed by atoms with Crippen LogP contribution >= 0.6 is 0 Å². The molecule has 1 saturated heterocycles. The molecule has 1 aliphatic heterocycles. The SMILES string of the molecule is CCO[C@H]1CC[C@@H](C#Cc2cnc(OC[C@H]3NC(=O)[C@@H](F)[C@H]3CC)c3cc(OC(C)C)c(C(N)=O)cc23)CC1. The van der Waals surface area contributed by atoms with Crippen molar-refractivity contribution in [3.63, 3.8) is 0 Å². The quantitative estimate of drug-likeness (QED) is 0.459. The summed E-state index contributed by atoms with van der Waals surface area (Å²) < 4.78 is 32.0. The molecule has 8 nitrogen and oxygen atoms in total. The van der Waals surface area contributed by atoms with Crippen LogP contribution in [0.1, 0.15) is 75.7 Å². The first-order chi connectivity index (χ1) is 18.7. The topological polar surface area (TPSA) is 113 Å². The lowest BCUT2D eigenvalue weighted by Crippen LogP contribution is -2.34. The maximum Gasteiger partial charge on any atom is 0.255 e. The Morgan fingerprint density at radius 3 is 2.59 bits per heavy atom. The van der Waals surface area contributed by atoms with Gasteiger partial charge in [-0.2, -0.15) is 0 Å². The van der Waals surface area contributed by atoms with Crippen LogP contribution in [0.2, 0.25) is 0 Å². The van der Waals surface area contributed by atoms with Crippen LogP contribution in [0.4, 0.5) is 4.39 Å². The Labute approximate surface area is 229 Å². The summed E-state index contributed by atoms with van der Waals surface area (Å²) in [6.07, 6.45) is 4.55. The zero-order valence-corrected chi connectivity index (χ0v) is 23.1. The van der Waals surface area contributed by atoms with Crippen molar-refractivity contribution in [1.29, 1.82) is 0 Å². The molecule has 0 unspecified atom stereocenters. The monoisotopic (exact) mass is 539 g/mol. The van der Waals surface area contributed by atoms with E-state index >= 15 is 0 Å². The number of benzene rings is 1. The van der Waals surface area contributed by atoms with Gasteiger partial charge in [-0.1, -0.05) is 18.8 Å². The molecule has 9 heteroatoms. The van der Waals surface area contributed by atoms with Gasteiger partial charge in [-0.3, -0.25) is 9.59 Å². The van der Waals surface area contributed by atoms with E-state index in [4.69, 9.17) is 19.9 Å². The highest BCUT2D eigenvalue weighted by molar-refractivity contribution is 6.03. The van der Waals surface area contributed by atoms with E-state index in [-0.39, 0.29) is 30.1 Å². The molecule has 2 aromatic rings. The Kier molecular flexibility index (Phi) is 9.28. The minimum Gasteiger partial charge on any atom is -0.490 e. The number of carbonyl (C=O) groups is 2. The molecule has 1 saturated carbocycles. The number of aromatic nitrogens is 1. The Hall–Kier alpha value is -3.38. The average molecular weight is 540 g/mol. The van der Waals surface area contributed by atoms with Crippen LogP contribution in [0.25, 0.3) is 10.8 Å². The van der Waals surface area contributed by atoms with Crippen LogP contribution in [-0.2, 0) is 9.53 Å². The highest BCUT2D eigenvalue weighted by Gasteiger charge is 2.41. The van der Waals surface area contributed by atoms with E-state index in [1.807, 2.05) is 27.7 Å². The number of hydrogen-bond donors (Lipinski definition) is 2. The predicted octanol–water partition coefficient (Wildman–Crippen LogP) is 4.31. The number of alkyl halides is 1. The Morgan fingerprint density at radius 1 is 1.21 bits per heavy atom. The highest BCUT2D eigenvalue weighted by Crippen LogP contribution is 2.34. The van der Waals surface area contributed by atoms with Crippen molar-refractivity contribution in [1.82, 2.24) is 10.3 Å². The van der Waals surface area contributed by atoms with Gasteiger partial charge in [0.15, 0.2) is 6.17 Å². The lowest BCUT2D eigenvalue weighted by atomic mass is 9.87. The number of nitrogens with zero attached hydrogens (tertiary/aromatic N) is 1. The van der Waals surface area contributed by atoms with Crippen molar-refractivity contribution in [2.75, 3.05) is 13.2 Å². The number of nitrogens with two attached hydrogens (primary N) is 1. The molecule has 0 bridgehead atoms. The number of hydrogen-bond acceptors (Lipinski definition) is 6. The van der Waals surface area contributed by atoms with Crippen molar-refractivity contribution in [3.05, 3.63) is 29.5 Å². The second-order valence-corrected chi connectivity index (χ2v) is 10.5. The molecule has 2 amide bonds. The summed E-state index contributed by atoms with van der Waals surface area (Å²) in [4.78, 5) is 28.7. The van der Waals surface area contributed by atoms with Crippen molar-refractivity contribution >= 4 is 22.6 Å². The first-order valence-corrected chi connectivity index (χ1v) is 13.8. The summed E-state index contributed by atoms with van der Waals surface area (Å²) >= 11 is 0. The van der Waals surface area contributed by atoms with E-state index in [0.29, 0.717) is 34.6 Å². The third-order valence-electron chi connectivity index (χ3n) is 7.41. The fourth-order valence-electron chi connectivity index (χ4n) is 5.38. The molecular weight excluding hydrogens is 501 g/mol. The molecule has 2 heterocycles. The van der Waals surface area contributed by atoms with Crippen molar-refractivity contribution < 1.29 is 28.2 Å². The largest absolute Gasteiger partial charge is 0.490 e. The third kappa shape index (κ3) is 6.62. The number of primary amides is 1. The summed E-state index contributed by atoms with van der Waals surface area (Å²) in [6.45, 7) is 8.34. The van der Waals surface area contributed by atoms with E-state index < -0.39 is 29.9 Å². The maximum absolute atomic E-state index is 14.3. The van der Waals surface area contributed by atoms with Gasteiger partial charge in [-0.15, -0.1) is 0 Å². The van der Waals surface area contributed by atoms with Gasteiger partial charge in [0.1, 0.15) is 12.4 Å². The second-order valence-electron chi connectivity index (χ2n) is 10.5. The Bertz CT molecular complexity index is 1260. The molecule has 210 valence electrons. The number of pyridine rings is 1. The van der Waals surface area contributed by atoms with Gasteiger partial charge in [-0.05, 0) is 65.0 Å². The van der Waals surface area contributed by atoms with E-state index in [1.165, 1.54) is 0 Å². The van der Waals surface area contributed by atoms with Gasteiger partial charge in [0, 0.05) is 35.4 Å². The number of rotatable bonds is 9. The van der Waals surface area contributed by atoms with Gasteiger partial charge in [0.25, 0.3) is 11.8 Å². The lowest BCUT2D eigenvalue weighted by Gasteiger charge is -2.25. The highest BCUT2D eigenvalue weighted by atomic mass is 19.1. The number of nitrogens with one attached hydrogen (secondary N) is 1. The normalized spacial score (nSPS) is 24.8. The molecule has 0 spiro atoms. The van der Waals surface area contributed by atoms with E-state index in [1.54, 1.807) is 18.3 Å². The van der Waals surface area contributed by atoms with Gasteiger partial charge in [0.05, 0.1) is 29.4 Å². The van der Waals surface area contributed by atoms with E-state index in [0.717, 1.165) is 32.3 Å². The summed E-state index contributed by atoms with van der Waals surface area (Å²) in [5.41, 5.74) is 6.59. The molecular formula is C30H38FN3O5. The number of amides is 2. The van der Waals surface area contributed by atoms with Crippen molar-refractivity contribution in [3.8, 4) is 23.5 Å². The minimum atomic E-state index is -1.56. The van der Waals surface area contributed by atoms with E-state index in [9.17, 15) is 14.0 Å². The average Bonchev–Trinajstić information content (AvgIpc) is 3.18. The smallest absolute Gasteiger partial charge is 0.255 e. The van der Waals surface area contributed by atoms with Crippen LogP contribution in [0.3, 0.4) is 0 Å². The Morgan fingerprint density at radius 2 is 1.95 bits per heavy atom. The molecule has 0 radical (unpaired) electrons. The molecule has 4 rings (SSSR count). The van der Waals surface area contributed by atoms with Gasteiger partial charge < -0.3 is 25.3 Å². The van der Waals surface area contributed by atoms with Gasteiger partial charge in [-0.25, -0.2) is 9.37 Å². The number of fused-ring (bicyclic) bond motifs is 1. The standard InChI is InChI=1S/C30H38FN3O5/c1-5-21-25(34-29(36)27(21)31)16-38-30-23-14-26(39-17(3)4)24(28(32)35)13-22(23)19(15-33-30)10-7-18-8-11-20(12-9-18)37-6-2/h13-15,17-18,20-21,25,27H,5-6,8-9,11-12,16H2,1-4H3,(H2,32,35)(H,34,36)/t18-,20+,21-,25+,27-/m0/s1. The van der Waals surface area contributed by atoms with Crippen LogP contribution < -0.4 is 20.5 Å². The van der Waals surface area contributed by atoms with Crippen LogP contribution in [0.5, 0.6) is 11.6 Å². The summed E-state index contributed by atoms with van der Waals surface area (Å²) in [6, 6.07) is 2.89. The fraction of sp³-hybridized carbons (Fsp3) is 0.567. The first-order valence-electron chi connectivity index (χ1n) is 13.8. The van der Waals surface area contributed by atoms with Crippen LogP contribution in [-0.4, -0.2) is 54.4 Å². The Balaban J connectivity index is 1.68. The van der Waals surface area contributed by atoms with Crippen LogP contribution in [0.15, 0.2) is 18.3 Å². The minimum absolute atomic E-state index is 0.0544. The van der Waals surface area contributed by atoms with E-state index in [2.05, 4.69) is 22.1 Å². The van der Waals surface area contributed by atoms with Crippen LogP contribution in [0, 0.1) is 23.7 Å². The molecule has 3 atom stereocenters. The second kappa shape index (κ2) is 12.6. The van der Waals surface area contributed by atoms with Gasteiger partial charge >= 0.3 is 0 Å². The third-order valence-corrected chi connectivity index (χ3v) is 7.41. The number of ether oxygens (including phenoxy) is 3. The zero-order valence-electron chi connectivity index (χ0n) is 23.1. The molecule has 1 aliphatic carbocycles. The summed E-state index contributed by atoms with van der Waals surface area (Å²) in [7, 11) is 0. The molecule has 39 heavy (non-hydrogen) atoms. The molecule has 2 aliphatic rings. The molecule has 2 fully saturated rings. The fourth-order valence-corrected chi connectivity index (χ4v) is 5.38. The molecule has 1 aromatic carbocycles. The lowest BCUT2D eigenvalue weighted by molar-refractivity contribution is -0.123. The van der Waals surface area contributed by atoms with Crippen molar-refractivity contribution in [2.24, 2.45) is 17.6 Å². The summed E-state index contributed by atoms with van der Waals surface area (Å²) in [5, 5.41) is 3.93. The molecule has 3 N–H and O–H groups in total. The molecule has 1 aromatic heterocycles.